The van der Waals surface area contributed by atoms with E-state index in [1.165, 1.54) is 4.57 Å². The van der Waals surface area contributed by atoms with Gasteiger partial charge in [-0.15, -0.1) is 0 Å². The number of likely N-dealkylation sites (tertiary alicyclic amines) is 1. The molecule has 182 valence electrons. The number of hydrogen-bond acceptors (Lipinski definition) is 5. The van der Waals surface area contributed by atoms with Crippen molar-refractivity contribution in [3.63, 3.8) is 0 Å². The normalized spacial score (nSPS) is 14.6. The van der Waals surface area contributed by atoms with Crippen molar-refractivity contribution in [2.24, 2.45) is 5.92 Å². The first-order valence-electron chi connectivity index (χ1n) is 11.7. The fourth-order valence-corrected chi connectivity index (χ4v) is 5.64. The second-order valence-electron chi connectivity index (χ2n) is 8.79. The fourth-order valence-electron chi connectivity index (χ4n) is 4.61. The number of nitrogens with zero attached hydrogens (tertiary/aromatic N) is 4. The predicted octanol–water partition coefficient (Wildman–Crippen LogP) is 3.51. The molecule has 0 bridgehead atoms. The lowest BCUT2D eigenvalue weighted by Crippen LogP contribution is -2.44. The second kappa shape index (κ2) is 10.2. The molecule has 8 nitrogen and oxygen atoms in total. The Balaban J connectivity index is 1.08. The first-order valence-corrected chi connectivity index (χ1v) is 12.9. The Morgan fingerprint density at radius 2 is 1.91 bits per heavy atom. The minimum Gasteiger partial charge on any atom is -0.356 e. The third-order valence-corrected chi connectivity index (χ3v) is 7.74. The third-order valence-electron chi connectivity index (χ3n) is 6.54. The molecule has 0 radical (unpaired) electrons. The summed E-state index contributed by atoms with van der Waals surface area (Å²) < 4.78 is 4.39. The number of nitrogens with one attached hydrogen (secondary N) is 1. The van der Waals surface area contributed by atoms with E-state index in [4.69, 9.17) is 11.6 Å². The molecule has 5 rings (SSSR count). The van der Waals surface area contributed by atoms with E-state index in [9.17, 15) is 14.4 Å². The quantitative estimate of drug-likeness (QED) is 0.384. The molecule has 10 heteroatoms. The molecule has 0 spiro atoms. The highest BCUT2D eigenvalue weighted by Crippen LogP contribution is 2.23. The highest BCUT2D eigenvalue weighted by Gasteiger charge is 2.27. The van der Waals surface area contributed by atoms with E-state index < -0.39 is 0 Å². The van der Waals surface area contributed by atoms with Gasteiger partial charge in [-0.05, 0) is 49.6 Å². The maximum atomic E-state index is 12.9. The van der Waals surface area contributed by atoms with Gasteiger partial charge in [0.1, 0.15) is 6.54 Å². The second-order valence-corrected chi connectivity index (χ2v) is 10.2. The van der Waals surface area contributed by atoms with E-state index in [1.54, 1.807) is 23.1 Å². The van der Waals surface area contributed by atoms with Crippen LogP contribution in [0.5, 0.6) is 0 Å². The van der Waals surface area contributed by atoms with Crippen LogP contribution in [0.1, 0.15) is 19.3 Å². The lowest BCUT2D eigenvalue weighted by Gasteiger charge is -2.31. The number of halogens is 1. The Hall–Kier alpha value is -3.17. The summed E-state index contributed by atoms with van der Waals surface area (Å²) >= 11 is 7.19. The molecule has 0 aliphatic carbocycles. The van der Waals surface area contributed by atoms with E-state index in [0.29, 0.717) is 43.0 Å². The van der Waals surface area contributed by atoms with Crippen LogP contribution in [0.15, 0.2) is 53.6 Å². The van der Waals surface area contributed by atoms with Crippen molar-refractivity contribution < 1.29 is 9.59 Å². The highest BCUT2D eigenvalue weighted by atomic mass is 35.5. The van der Waals surface area contributed by atoms with Crippen LogP contribution in [0.25, 0.3) is 21.3 Å². The molecule has 1 N–H and O–H groups in total. The minimum absolute atomic E-state index is 0.0149. The highest BCUT2D eigenvalue weighted by molar-refractivity contribution is 7.16. The number of hydrogen-bond donors (Lipinski definition) is 1. The Morgan fingerprint density at radius 3 is 2.74 bits per heavy atom. The number of imidazole rings is 1. The number of rotatable bonds is 7. The van der Waals surface area contributed by atoms with E-state index in [2.05, 4.69) is 14.9 Å². The van der Waals surface area contributed by atoms with Crippen molar-refractivity contribution in [2.45, 2.75) is 32.4 Å². The third kappa shape index (κ3) is 5.11. The predicted molar refractivity (Wildman–Crippen MR) is 138 cm³/mol. The van der Waals surface area contributed by atoms with Crippen LogP contribution in [0.4, 0.5) is 0 Å². The summed E-state index contributed by atoms with van der Waals surface area (Å²) in [4.78, 5) is 43.9. The Labute approximate surface area is 211 Å². The summed E-state index contributed by atoms with van der Waals surface area (Å²) in [5.74, 6) is -0.169. The number of carbonyl (C=O) groups is 2. The van der Waals surface area contributed by atoms with Crippen molar-refractivity contribution in [3.8, 4) is 0 Å². The van der Waals surface area contributed by atoms with E-state index in [0.717, 1.165) is 40.0 Å². The summed E-state index contributed by atoms with van der Waals surface area (Å²) in [7, 11) is 0. The van der Waals surface area contributed by atoms with Gasteiger partial charge in [-0.2, -0.15) is 0 Å². The van der Waals surface area contributed by atoms with Gasteiger partial charge in [-0.25, -0.2) is 4.98 Å². The molecule has 3 heterocycles. The summed E-state index contributed by atoms with van der Waals surface area (Å²) in [5.41, 5.74) is 2.74. The van der Waals surface area contributed by atoms with E-state index >= 15 is 0 Å². The molecule has 0 atom stereocenters. The number of para-hydroxylation sites is 2. The monoisotopic (exact) mass is 511 g/mol. The average Bonchev–Trinajstić information content (AvgIpc) is 3.42. The van der Waals surface area contributed by atoms with Crippen LogP contribution >= 0.6 is 22.9 Å². The molecule has 1 saturated heterocycles. The molecule has 35 heavy (non-hydrogen) atoms. The number of aromatic nitrogens is 3. The van der Waals surface area contributed by atoms with Crippen molar-refractivity contribution >= 4 is 56.0 Å². The first kappa shape index (κ1) is 23.6. The van der Waals surface area contributed by atoms with Gasteiger partial charge in [0.15, 0.2) is 0 Å². The zero-order valence-corrected chi connectivity index (χ0v) is 20.7. The van der Waals surface area contributed by atoms with Crippen LogP contribution < -0.4 is 10.2 Å². The number of amides is 2. The minimum atomic E-state index is -0.173. The lowest BCUT2D eigenvalue weighted by atomic mass is 9.96. The lowest BCUT2D eigenvalue weighted by molar-refractivity contribution is -0.136. The molecule has 2 aromatic carbocycles. The van der Waals surface area contributed by atoms with Gasteiger partial charge in [-0.3, -0.25) is 19.0 Å². The van der Waals surface area contributed by atoms with Gasteiger partial charge in [0.05, 0.1) is 27.6 Å². The Kier molecular flexibility index (Phi) is 6.88. The van der Waals surface area contributed by atoms with Crippen LogP contribution in [-0.4, -0.2) is 50.5 Å². The molecule has 2 aromatic heterocycles. The van der Waals surface area contributed by atoms with Gasteiger partial charge >= 0.3 is 4.87 Å². The zero-order valence-electron chi connectivity index (χ0n) is 19.2. The summed E-state index contributed by atoms with van der Waals surface area (Å²) in [6.07, 6.45) is 3.89. The fraction of sp³-hybridized carbons (Fsp3) is 0.360. The topological polar surface area (TPSA) is 89.2 Å². The number of carbonyl (C=O) groups excluding carboxylic acids is 2. The standard InChI is InChI=1S/C25H26ClN5O3S/c26-18-6-7-22-21(14-18)31(25(34)35-22)15-23(32)29-12-8-17(9-13-29)24(33)27-10-3-11-30-16-28-19-4-1-2-5-20(19)30/h1-2,4-7,14,16-17H,3,8-13,15H2,(H,27,33). The molecule has 1 aliphatic heterocycles. The molecule has 0 saturated carbocycles. The van der Waals surface area contributed by atoms with Crippen molar-refractivity contribution in [1.29, 1.82) is 0 Å². The zero-order chi connectivity index (χ0) is 24.4. The van der Waals surface area contributed by atoms with Gasteiger partial charge in [0.2, 0.25) is 11.8 Å². The SMILES string of the molecule is O=C(NCCCn1cnc2ccccc21)C1CCN(C(=O)Cn2c(=O)sc3ccc(Cl)cc32)CC1. The summed E-state index contributed by atoms with van der Waals surface area (Å²) in [6.45, 7) is 2.39. The van der Waals surface area contributed by atoms with E-state index in [1.807, 2.05) is 30.6 Å². The van der Waals surface area contributed by atoms with Crippen LogP contribution in [0.2, 0.25) is 5.02 Å². The molecule has 1 aliphatic rings. The maximum absolute atomic E-state index is 12.9. The largest absolute Gasteiger partial charge is 0.356 e. The number of thiazole rings is 1. The van der Waals surface area contributed by atoms with E-state index in [-0.39, 0.29) is 29.1 Å². The van der Waals surface area contributed by atoms with Crippen LogP contribution in [0, 0.1) is 5.92 Å². The average molecular weight is 512 g/mol. The number of aryl methyl sites for hydroxylation is 1. The van der Waals surface area contributed by atoms with Gasteiger partial charge in [-0.1, -0.05) is 35.1 Å². The Bertz CT molecular complexity index is 1430. The molecular formula is C25H26ClN5O3S. The van der Waals surface area contributed by atoms with Crippen molar-refractivity contribution in [2.75, 3.05) is 19.6 Å². The van der Waals surface area contributed by atoms with Crippen LogP contribution in [0.3, 0.4) is 0 Å². The molecule has 4 aromatic rings. The smallest absolute Gasteiger partial charge is 0.308 e. The summed E-state index contributed by atoms with van der Waals surface area (Å²) in [5, 5.41) is 3.57. The Morgan fingerprint density at radius 1 is 1.11 bits per heavy atom. The maximum Gasteiger partial charge on any atom is 0.308 e. The van der Waals surface area contributed by atoms with Crippen molar-refractivity contribution in [3.05, 3.63) is 63.5 Å². The number of fused-ring (bicyclic) bond motifs is 2. The van der Waals surface area contributed by atoms with Crippen molar-refractivity contribution in [1.82, 2.24) is 24.3 Å². The molecule has 0 unspecified atom stereocenters. The summed E-state index contributed by atoms with van der Waals surface area (Å²) in [6, 6.07) is 13.3. The molecular weight excluding hydrogens is 486 g/mol. The number of benzene rings is 2. The van der Waals surface area contributed by atoms with Gasteiger partial charge < -0.3 is 14.8 Å². The molecule has 1 fully saturated rings. The van der Waals surface area contributed by atoms with Gasteiger partial charge in [0.25, 0.3) is 0 Å². The number of piperidine rings is 1. The van der Waals surface area contributed by atoms with Gasteiger partial charge in [0, 0.05) is 37.1 Å². The van der Waals surface area contributed by atoms with Crippen LogP contribution in [-0.2, 0) is 22.7 Å². The molecule has 2 amide bonds. The first-order chi connectivity index (χ1) is 17.0.